The van der Waals surface area contributed by atoms with Crippen LogP contribution < -0.4 is 5.32 Å². The molecule has 1 aliphatic rings. The molecule has 0 saturated heterocycles. The highest BCUT2D eigenvalue weighted by molar-refractivity contribution is 8.14. The maximum atomic E-state index is 12.6. The maximum absolute atomic E-state index is 12.6. The van der Waals surface area contributed by atoms with Crippen LogP contribution in [0.15, 0.2) is 77.8 Å². The van der Waals surface area contributed by atoms with E-state index in [1.807, 2.05) is 18.2 Å². The molecule has 4 heteroatoms. The molecule has 0 radical (unpaired) electrons. The summed E-state index contributed by atoms with van der Waals surface area (Å²) < 4.78 is 0. The minimum atomic E-state index is -0.245. The maximum Gasteiger partial charge on any atom is 0.223 e. The highest BCUT2D eigenvalue weighted by Gasteiger charge is 2.31. The summed E-state index contributed by atoms with van der Waals surface area (Å²) >= 11 is 1.80. The van der Waals surface area contributed by atoms with Gasteiger partial charge in [-0.1, -0.05) is 66.7 Å². The molecule has 1 N–H and O–H groups in total. The van der Waals surface area contributed by atoms with Crippen LogP contribution in [0.5, 0.6) is 0 Å². The van der Waals surface area contributed by atoms with Crippen LogP contribution in [0.25, 0.3) is 10.8 Å². The molecule has 1 amide bonds. The predicted octanol–water partition coefficient (Wildman–Crippen LogP) is 5.59. The Labute approximate surface area is 183 Å². The number of rotatable bonds is 6. The van der Waals surface area contributed by atoms with Gasteiger partial charge in [0.1, 0.15) is 0 Å². The predicted molar refractivity (Wildman–Crippen MR) is 128 cm³/mol. The van der Waals surface area contributed by atoms with Crippen molar-refractivity contribution in [3.05, 3.63) is 83.9 Å². The fourth-order valence-corrected chi connectivity index (χ4v) is 5.46. The van der Waals surface area contributed by atoms with Gasteiger partial charge in [0.25, 0.3) is 0 Å². The molecular weight excluding hydrogens is 388 g/mol. The van der Waals surface area contributed by atoms with Gasteiger partial charge in [-0.25, -0.2) is 0 Å². The average Bonchev–Trinajstić information content (AvgIpc) is 2.78. The van der Waals surface area contributed by atoms with E-state index in [1.54, 1.807) is 18.8 Å². The van der Waals surface area contributed by atoms with Gasteiger partial charge in [0.2, 0.25) is 5.91 Å². The lowest BCUT2D eigenvalue weighted by molar-refractivity contribution is -0.124. The number of carbonyl (C=O) groups excluding carboxylic acids is 1. The number of fused-ring (bicyclic) bond motifs is 1. The molecule has 0 aromatic heterocycles. The Morgan fingerprint density at radius 1 is 1.03 bits per heavy atom. The third-order valence-corrected chi connectivity index (χ3v) is 6.96. The van der Waals surface area contributed by atoms with Gasteiger partial charge in [-0.2, -0.15) is 0 Å². The Balaban J connectivity index is 1.59. The number of benzene rings is 3. The first-order valence-corrected chi connectivity index (χ1v) is 11.5. The Morgan fingerprint density at radius 3 is 2.53 bits per heavy atom. The summed E-state index contributed by atoms with van der Waals surface area (Å²) in [4.78, 5) is 17.8. The van der Waals surface area contributed by atoms with Crippen molar-refractivity contribution in [2.75, 3.05) is 12.8 Å². The van der Waals surface area contributed by atoms with Crippen molar-refractivity contribution in [1.82, 2.24) is 5.32 Å². The Bertz CT molecular complexity index is 1060. The summed E-state index contributed by atoms with van der Waals surface area (Å²) in [5.41, 5.74) is 2.19. The minimum Gasteiger partial charge on any atom is -0.359 e. The minimum absolute atomic E-state index is 0.0835. The molecule has 0 spiro atoms. The molecule has 3 nitrogen and oxygen atoms in total. The zero-order chi connectivity index (χ0) is 21.0. The lowest BCUT2D eigenvalue weighted by atomic mass is 9.88. The number of aliphatic imine (C=N–C) groups is 1. The van der Waals surface area contributed by atoms with E-state index in [9.17, 15) is 4.79 Å². The van der Waals surface area contributed by atoms with E-state index in [-0.39, 0.29) is 17.4 Å². The fourth-order valence-electron chi connectivity index (χ4n) is 4.14. The molecule has 1 aliphatic heterocycles. The van der Waals surface area contributed by atoms with Crippen LogP contribution in [0.1, 0.15) is 30.9 Å². The van der Waals surface area contributed by atoms with E-state index in [4.69, 9.17) is 4.99 Å². The summed E-state index contributed by atoms with van der Waals surface area (Å²) in [5, 5.41) is 6.43. The molecule has 4 rings (SSSR count). The third-order valence-electron chi connectivity index (χ3n) is 5.96. The molecule has 3 aromatic rings. The second-order valence-electron chi connectivity index (χ2n) is 8.14. The molecule has 1 unspecified atom stereocenters. The van der Waals surface area contributed by atoms with Gasteiger partial charge in [0.15, 0.2) is 0 Å². The van der Waals surface area contributed by atoms with Crippen molar-refractivity contribution in [2.45, 2.75) is 31.7 Å². The van der Waals surface area contributed by atoms with Crippen LogP contribution in [-0.4, -0.2) is 23.8 Å². The van der Waals surface area contributed by atoms with E-state index < -0.39 is 0 Å². The second kappa shape index (κ2) is 9.05. The van der Waals surface area contributed by atoms with Crippen molar-refractivity contribution in [2.24, 2.45) is 10.9 Å². The van der Waals surface area contributed by atoms with E-state index in [0.29, 0.717) is 6.42 Å². The van der Waals surface area contributed by atoms with Crippen molar-refractivity contribution in [3.8, 4) is 0 Å². The van der Waals surface area contributed by atoms with Crippen molar-refractivity contribution < 1.29 is 4.79 Å². The topological polar surface area (TPSA) is 41.5 Å². The molecule has 0 saturated carbocycles. The summed E-state index contributed by atoms with van der Waals surface area (Å²) in [6.45, 7) is 2.23. The standard InChI is InChI=1S/C26H28N2OS/c1-26(23-13-12-20-10-6-7-11-21(20)17-23)14-15-30-24(28-26)18-22(25(29)27-2)16-19-8-4-3-5-9-19/h3-13,17,22H,14-16,18H2,1-2H3,(H,27,29)/t22-,26?/m1/s1. The highest BCUT2D eigenvalue weighted by Crippen LogP contribution is 2.38. The fraction of sp³-hybridized carbons (Fsp3) is 0.308. The molecule has 0 aliphatic carbocycles. The monoisotopic (exact) mass is 416 g/mol. The first-order valence-electron chi connectivity index (χ1n) is 10.5. The molecule has 2 atom stereocenters. The average molecular weight is 417 g/mol. The van der Waals surface area contributed by atoms with Crippen LogP contribution >= 0.6 is 11.8 Å². The molecule has 154 valence electrons. The lowest BCUT2D eigenvalue weighted by Gasteiger charge is -2.32. The van der Waals surface area contributed by atoms with Crippen molar-refractivity contribution in [1.29, 1.82) is 0 Å². The highest BCUT2D eigenvalue weighted by atomic mass is 32.2. The number of carbonyl (C=O) groups is 1. The Kier molecular flexibility index (Phi) is 6.24. The lowest BCUT2D eigenvalue weighted by Crippen LogP contribution is -2.32. The quantitative estimate of drug-likeness (QED) is 0.569. The number of hydrogen-bond acceptors (Lipinski definition) is 3. The van der Waals surface area contributed by atoms with Gasteiger partial charge in [0.05, 0.1) is 10.6 Å². The smallest absolute Gasteiger partial charge is 0.223 e. The van der Waals surface area contributed by atoms with Crippen LogP contribution in [-0.2, 0) is 16.8 Å². The van der Waals surface area contributed by atoms with Crippen LogP contribution in [0.3, 0.4) is 0 Å². The number of amides is 1. The third kappa shape index (κ3) is 4.59. The Hall–Kier alpha value is -2.59. The van der Waals surface area contributed by atoms with E-state index in [2.05, 4.69) is 66.8 Å². The van der Waals surface area contributed by atoms with Gasteiger partial charge in [-0.05, 0) is 47.7 Å². The van der Waals surface area contributed by atoms with Crippen LogP contribution in [0.4, 0.5) is 0 Å². The summed E-state index contributed by atoms with van der Waals surface area (Å²) in [6.07, 6.45) is 2.41. The number of nitrogens with zero attached hydrogens (tertiary/aromatic N) is 1. The normalized spacial score (nSPS) is 19.9. The number of nitrogens with one attached hydrogen (secondary N) is 1. The first-order chi connectivity index (χ1) is 14.6. The number of hydrogen-bond donors (Lipinski definition) is 1. The second-order valence-corrected chi connectivity index (χ2v) is 9.31. The van der Waals surface area contributed by atoms with Crippen molar-refractivity contribution in [3.63, 3.8) is 0 Å². The van der Waals surface area contributed by atoms with Gasteiger partial charge >= 0.3 is 0 Å². The molecule has 30 heavy (non-hydrogen) atoms. The zero-order valence-corrected chi connectivity index (χ0v) is 18.4. The number of thioether (sulfide) groups is 1. The van der Waals surface area contributed by atoms with E-state index in [1.165, 1.54) is 21.9 Å². The SMILES string of the molecule is CNC(=O)[C@@H](CC1=NC(C)(c2ccc3ccccc3c2)CCS1)Cc1ccccc1. The van der Waals surface area contributed by atoms with Crippen LogP contribution in [0, 0.1) is 5.92 Å². The summed E-state index contributed by atoms with van der Waals surface area (Å²) in [7, 11) is 1.72. The largest absolute Gasteiger partial charge is 0.359 e. The van der Waals surface area contributed by atoms with Gasteiger partial charge in [0, 0.05) is 25.1 Å². The Morgan fingerprint density at radius 2 is 1.77 bits per heavy atom. The molecule has 0 fully saturated rings. The van der Waals surface area contributed by atoms with E-state index in [0.717, 1.165) is 23.6 Å². The van der Waals surface area contributed by atoms with Gasteiger partial charge < -0.3 is 5.32 Å². The molecular formula is C26H28N2OS. The van der Waals surface area contributed by atoms with Crippen LogP contribution in [0.2, 0.25) is 0 Å². The van der Waals surface area contributed by atoms with Gasteiger partial charge in [-0.15, -0.1) is 11.8 Å². The first kappa shape index (κ1) is 20.7. The molecule has 1 heterocycles. The van der Waals surface area contributed by atoms with E-state index >= 15 is 0 Å². The zero-order valence-electron chi connectivity index (χ0n) is 17.6. The van der Waals surface area contributed by atoms with Crippen molar-refractivity contribution >= 4 is 33.5 Å². The molecule has 0 bridgehead atoms. The molecule has 3 aromatic carbocycles. The summed E-state index contributed by atoms with van der Waals surface area (Å²) in [5.74, 6) is 0.997. The van der Waals surface area contributed by atoms with Gasteiger partial charge in [-0.3, -0.25) is 9.79 Å². The summed E-state index contributed by atoms with van der Waals surface area (Å²) in [6, 6.07) is 25.4.